The molecule has 0 bridgehead atoms. The maximum absolute atomic E-state index is 2.26. The molecular weight excluding hydrogens is 100 g/mol. The van der Waals surface area contributed by atoms with Crippen LogP contribution in [0.3, 0.4) is 0 Å². The summed E-state index contributed by atoms with van der Waals surface area (Å²) in [6.07, 6.45) is 0. The number of hydrogen-bond acceptors (Lipinski definition) is 0. The van der Waals surface area contributed by atoms with Crippen molar-refractivity contribution in [3.8, 4) is 0 Å². The maximum atomic E-state index is 2.26. The Balaban J connectivity index is 0. The quantitative estimate of drug-likeness (QED) is 0.426. The molecule has 0 unspecified atom stereocenters. The van der Waals surface area contributed by atoms with Crippen LogP contribution in [0.1, 0.15) is 20.8 Å². The van der Waals surface area contributed by atoms with Crippen LogP contribution in [0.15, 0.2) is 0 Å². The van der Waals surface area contributed by atoms with Crippen molar-refractivity contribution in [1.29, 1.82) is 0 Å². The molecule has 0 aliphatic heterocycles. The molecule has 0 aromatic heterocycles. The van der Waals surface area contributed by atoms with E-state index in [9.17, 15) is 0 Å². The molecule has 0 aliphatic rings. The lowest BCUT2D eigenvalue weighted by Crippen LogP contribution is -1.66. The van der Waals surface area contributed by atoms with Gasteiger partial charge in [0.15, 0.2) is 0 Å². The zero-order valence-corrected chi connectivity index (χ0v) is 7.70. The van der Waals surface area contributed by atoms with Gasteiger partial charge in [0.2, 0.25) is 0 Å². The van der Waals surface area contributed by atoms with Crippen LogP contribution >= 0.6 is 0 Å². The predicted octanol–water partition coefficient (Wildman–Crippen LogP) is 1.91. The molecule has 1 heteroatoms. The van der Waals surface area contributed by atoms with Crippen molar-refractivity contribution >= 4 is 9.52 Å². The van der Waals surface area contributed by atoms with Gasteiger partial charge in [0.05, 0.1) is 0 Å². The van der Waals surface area contributed by atoms with Gasteiger partial charge >= 0.3 is 0 Å². The summed E-state index contributed by atoms with van der Waals surface area (Å²) >= 11 is 0. The first-order valence-electron chi connectivity index (χ1n) is 3.15. The van der Waals surface area contributed by atoms with E-state index in [4.69, 9.17) is 0 Å². The molecule has 0 fully saturated rings. The molecule has 0 spiro atoms. The van der Waals surface area contributed by atoms with Crippen LogP contribution in [0.2, 0.25) is 13.1 Å². The van der Waals surface area contributed by atoms with Crippen LogP contribution in [0.4, 0.5) is 0 Å². The van der Waals surface area contributed by atoms with Gasteiger partial charge in [-0.1, -0.05) is 33.9 Å². The Bertz CT molecular complexity index is 15.4. The van der Waals surface area contributed by atoms with Gasteiger partial charge in [-0.05, 0) is 5.92 Å². The summed E-state index contributed by atoms with van der Waals surface area (Å²) in [5.74, 6) is 0.833. The second-order valence-corrected chi connectivity index (χ2v) is 3.85. The Morgan fingerprint density at radius 2 is 1.00 bits per heavy atom. The first-order chi connectivity index (χ1) is 3.15. The summed E-state index contributed by atoms with van der Waals surface area (Å²) in [6, 6.07) is 0. The lowest BCUT2D eigenvalue weighted by Gasteiger charge is -1.79. The highest BCUT2D eigenvalue weighted by Crippen LogP contribution is 1.81. The normalized spacial score (nSPS) is 7.71. The maximum Gasteiger partial charge on any atom is 0.0135 e. The number of hydrogen-bond donors (Lipinski definition) is 0. The summed E-state index contributed by atoms with van der Waals surface area (Å²) in [5, 5.41) is 0. The fraction of sp³-hybridized carbons (Fsp3) is 1.00. The molecule has 0 atom stereocenters. The van der Waals surface area contributed by atoms with Gasteiger partial charge in [0.1, 0.15) is 0 Å². The van der Waals surface area contributed by atoms with E-state index in [0.29, 0.717) is 9.52 Å². The highest BCUT2D eigenvalue weighted by molar-refractivity contribution is 6.31. The third kappa shape index (κ3) is 2350. The number of rotatable bonds is 0. The minimum Gasteiger partial charge on any atom is -0.0750 e. The minimum atomic E-state index is 0.417. The molecule has 0 saturated carbocycles. The molecule has 0 rings (SSSR count). The average Bonchev–Trinajstić information content (AvgIpc) is 1.33. The summed E-state index contributed by atoms with van der Waals surface area (Å²) in [6.45, 7) is 11.0. The molecule has 0 radical (unpaired) electrons. The van der Waals surface area contributed by atoms with Crippen LogP contribution in [0.25, 0.3) is 0 Å². The average molecular weight is 118 g/mol. The molecule has 0 amide bonds. The van der Waals surface area contributed by atoms with Crippen LogP contribution in [-0.4, -0.2) is 9.52 Å². The summed E-state index contributed by atoms with van der Waals surface area (Å²) in [5.41, 5.74) is 0. The van der Waals surface area contributed by atoms with Gasteiger partial charge < -0.3 is 0 Å². The molecule has 0 N–H and O–H groups in total. The predicted molar refractivity (Wildman–Crippen MR) is 40.8 cm³/mol. The summed E-state index contributed by atoms with van der Waals surface area (Å²) in [4.78, 5) is 0. The smallest absolute Gasteiger partial charge is 0.0135 e. The fourth-order valence-corrected chi connectivity index (χ4v) is 0. The molecule has 0 heterocycles. The fourth-order valence-electron chi connectivity index (χ4n) is 0. The van der Waals surface area contributed by atoms with Crippen LogP contribution in [0, 0.1) is 5.92 Å². The van der Waals surface area contributed by atoms with Crippen LogP contribution in [0.5, 0.6) is 0 Å². The topological polar surface area (TPSA) is 0 Å². The zero-order valence-electron chi connectivity index (χ0n) is 6.28. The molecule has 0 nitrogen and oxygen atoms in total. The Kier molecular flexibility index (Phi) is 13.9. The van der Waals surface area contributed by atoms with Crippen molar-refractivity contribution in [2.75, 3.05) is 0 Å². The van der Waals surface area contributed by atoms with E-state index in [1.807, 2.05) is 0 Å². The SMILES string of the molecule is CC(C)C.C[SiH2]C. The van der Waals surface area contributed by atoms with E-state index in [2.05, 4.69) is 33.9 Å². The van der Waals surface area contributed by atoms with Crippen molar-refractivity contribution in [1.82, 2.24) is 0 Å². The summed E-state index contributed by atoms with van der Waals surface area (Å²) < 4.78 is 0. The van der Waals surface area contributed by atoms with Crippen molar-refractivity contribution in [2.45, 2.75) is 33.9 Å². The molecule has 0 aromatic rings. The van der Waals surface area contributed by atoms with E-state index >= 15 is 0 Å². The molecule has 46 valence electrons. The zero-order chi connectivity index (χ0) is 6.28. The van der Waals surface area contributed by atoms with Crippen molar-refractivity contribution in [2.24, 2.45) is 5.92 Å². The highest BCUT2D eigenvalue weighted by atomic mass is 28.2. The first kappa shape index (κ1) is 10.2. The van der Waals surface area contributed by atoms with E-state index < -0.39 is 0 Å². The van der Waals surface area contributed by atoms with Crippen LogP contribution < -0.4 is 0 Å². The Morgan fingerprint density at radius 1 is 1.00 bits per heavy atom. The Labute approximate surface area is 50.1 Å². The third-order valence-electron chi connectivity index (χ3n) is 0. The van der Waals surface area contributed by atoms with E-state index in [1.54, 1.807) is 0 Å². The molecule has 7 heavy (non-hydrogen) atoms. The standard InChI is InChI=1S/C4H10.C2H8Si/c1-4(2)3;1-3-2/h4H,1-3H3;3H2,1-2H3. The van der Waals surface area contributed by atoms with E-state index in [0.717, 1.165) is 5.92 Å². The largest absolute Gasteiger partial charge is 0.0750 e. The van der Waals surface area contributed by atoms with E-state index in [1.165, 1.54) is 0 Å². The van der Waals surface area contributed by atoms with Gasteiger partial charge in [-0.3, -0.25) is 0 Å². The molecule has 0 saturated heterocycles. The van der Waals surface area contributed by atoms with Crippen molar-refractivity contribution < 1.29 is 0 Å². The van der Waals surface area contributed by atoms with Crippen molar-refractivity contribution in [3.05, 3.63) is 0 Å². The van der Waals surface area contributed by atoms with E-state index in [-0.39, 0.29) is 0 Å². The summed E-state index contributed by atoms with van der Waals surface area (Å²) in [7, 11) is 0.417. The van der Waals surface area contributed by atoms with Crippen molar-refractivity contribution in [3.63, 3.8) is 0 Å². The first-order valence-corrected chi connectivity index (χ1v) is 5.97. The second-order valence-electron chi connectivity index (χ2n) is 2.44. The third-order valence-corrected chi connectivity index (χ3v) is 0. The Hall–Kier alpha value is 0.217. The lowest BCUT2D eigenvalue weighted by molar-refractivity contribution is 0.737. The molecule has 0 aliphatic carbocycles. The van der Waals surface area contributed by atoms with Gasteiger partial charge in [0.25, 0.3) is 0 Å². The monoisotopic (exact) mass is 118 g/mol. The van der Waals surface area contributed by atoms with Gasteiger partial charge in [-0.2, -0.15) is 0 Å². The molecular formula is C6H18Si. The highest BCUT2D eigenvalue weighted by Gasteiger charge is 1.68. The van der Waals surface area contributed by atoms with Gasteiger partial charge in [0, 0.05) is 9.52 Å². The van der Waals surface area contributed by atoms with Gasteiger partial charge in [-0.25, -0.2) is 0 Å². The van der Waals surface area contributed by atoms with Crippen LogP contribution in [-0.2, 0) is 0 Å². The van der Waals surface area contributed by atoms with Gasteiger partial charge in [-0.15, -0.1) is 0 Å². The Morgan fingerprint density at radius 3 is 1.00 bits per heavy atom. The lowest BCUT2D eigenvalue weighted by atomic mass is 10.3. The minimum absolute atomic E-state index is 0.417. The molecule has 0 aromatic carbocycles. The second kappa shape index (κ2) is 9.52.